The molecule has 0 aliphatic heterocycles. The smallest absolute Gasteiger partial charge is 0.293 e. The van der Waals surface area contributed by atoms with E-state index in [-0.39, 0.29) is 23.0 Å². The number of hydrogen-bond acceptors (Lipinski definition) is 5. The fraction of sp³-hybridized carbons (Fsp3) is 0.133. The van der Waals surface area contributed by atoms with Crippen LogP contribution in [0, 0.1) is 21.4 Å². The molecule has 1 unspecified atom stereocenters. The van der Waals surface area contributed by atoms with Crippen molar-refractivity contribution in [1.82, 2.24) is 0 Å². The molecular weight excluding hydrogens is 270 g/mol. The highest BCUT2D eigenvalue weighted by Gasteiger charge is 2.17. The van der Waals surface area contributed by atoms with E-state index in [2.05, 4.69) is 5.32 Å². The van der Waals surface area contributed by atoms with Crippen molar-refractivity contribution in [3.63, 3.8) is 0 Å². The molecule has 1 atom stereocenters. The quantitative estimate of drug-likeness (QED) is 0.662. The van der Waals surface area contributed by atoms with Gasteiger partial charge in [0, 0.05) is 12.1 Å². The van der Waals surface area contributed by atoms with Crippen LogP contribution in [0.5, 0.6) is 5.75 Å². The zero-order chi connectivity index (χ0) is 15.4. The standard InChI is InChI=1S/C15H13N3O3/c1-10(12-3-5-13(19)6-4-12)17-14-7-2-11(9-16)8-15(14)18(20)21/h2-8,10,17,19H,1H3. The fourth-order valence-electron chi connectivity index (χ4n) is 1.95. The van der Waals surface area contributed by atoms with Crippen molar-refractivity contribution in [2.24, 2.45) is 0 Å². The van der Waals surface area contributed by atoms with Gasteiger partial charge in [0.2, 0.25) is 0 Å². The third kappa shape index (κ3) is 3.28. The Morgan fingerprint density at radius 2 is 1.95 bits per heavy atom. The molecule has 0 aliphatic carbocycles. The molecule has 0 fully saturated rings. The monoisotopic (exact) mass is 283 g/mol. The molecule has 106 valence electrons. The molecule has 0 aromatic heterocycles. The van der Waals surface area contributed by atoms with Gasteiger partial charge in [-0.2, -0.15) is 5.26 Å². The van der Waals surface area contributed by atoms with Gasteiger partial charge in [0.25, 0.3) is 5.69 Å². The molecule has 0 bridgehead atoms. The van der Waals surface area contributed by atoms with Crippen LogP contribution in [-0.2, 0) is 0 Å². The largest absolute Gasteiger partial charge is 0.508 e. The summed E-state index contributed by atoms with van der Waals surface area (Å²) < 4.78 is 0. The van der Waals surface area contributed by atoms with Crippen molar-refractivity contribution in [1.29, 1.82) is 5.26 Å². The van der Waals surface area contributed by atoms with Crippen molar-refractivity contribution >= 4 is 11.4 Å². The lowest BCUT2D eigenvalue weighted by Gasteiger charge is -2.16. The van der Waals surface area contributed by atoms with Crippen molar-refractivity contribution in [2.75, 3.05) is 5.32 Å². The van der Waals surface area contributed by atoms with Gasteiger partial charge < -0.3 is 10.4 Å². The first-order valence-corrected chi connectivity index (χ1v) is 6.25. The molecular formula is C15H13N3O3. The summed E-state index contributed by atoms with van der Waals surface area (Å²) in [7, 11) is 0. The normalized spacial score (nSPS) is 11.4. The Morgan fingerprint density at radius 1 is 1.29 bits per heavy atom. The van der Waals surface area contributed by atoms with Crippen LogP contribution in [-0.4, -0.2) is 10.0 Å². The highest BCUT2D eigenvalue weighted by Crippen LogP contribution is 2.29. The number of nitriles is 1. The van der Waals surface area contributed by atoms with E-state index < -0.39 is 4.92 Å². The van der Waals surface area contributed by atoms with E-state index in [1.54, 1.807) is 24.3 Å². The Morgan fingerprint density at radius 3 is 2.52 bits per heavy atom. The number of benzene rings is 2. The second-order valence-electron chi connectivity index (χ2n) is 4.56. The molecule has 0 amide bonds. The summed E-state index contributed by atoms with van der Waals surface area (Å²) in [6, 6.07) is 12.6. The number of phenols is 1. The summed E-state index contributed by atoms with van der Waals surface area (Å²) in [6.45, 7) is 1.86. The Bertz CT molecular complexity index is 705. The first-order valence-electron chi connectivity index (χ1n) is 6.25. The van der Waals surface area contributed by atoms with Crippen LogP contribution in [0.3, 0.4) is 0 Å². The lowest BCUT2D eigenvalue weighted by atomic mass is 10.1. The number of aromatic hydroxyl groups is 1. The summed E-state index contributed by atoms with van der Waals surface area (Å²) in [6.07, 6.45) is 0. The summed E-state index contributed by atoms with van der Waals surface area (Å²) in [4.78, 5) is 10.6. The molecule has 6 heteroatoms. The lowest BCUT2D eigenvalue weighted by Crippen LogP contribution is -2.08. The average Bonchev–Trinajstić information content (AvgIpc) is 2.48. The Hall–Kier alpha value is -3.07. The zero-order valence-corrected chi connectivity index (χ0v) is 11.3. The van der Waals surface area contributed by atoms with Crippen LogP contribution in [0.1, 0.15) is 24.1 Å². The van der Waals surface area contributed by atoms with Gasteiger partial charge in [0.05, 0.1) is 16.6 Å². The maximum atomic E-state index is 11.1. The highest BCUT2D eigenvalue weighted by atomic mass is 16.6. The Balaban J connectivity index is 2.28. The minimum absolute atomic E-state index is 0.139. The second-order valence-corrected chi connectivity index (χ2v) is 4.56. The molecule has 0 heterocycles. The lowest BCUT2D eigenvalue weighted by molar-refractivity contribution is -0.384. The molecule has 0 spiro atoms. The summed E-state index contributed by atoms with van der Waals surface area (Å²) in [5, 5.41) is 32.2. The van der Waals surface area contributed by atoms with E-state index in [4.69, 9.17) is 5.26 Å². The van der Waals surface area contributed by atoms with Gasteiger partial charge in [-0.05, 0) is 36.8 Å². The maximum absolute atomic E-state index is 11.1. The van der Waals surface area contributed by atoms with Gasteiger partial charge in [-0.3, -0.25) is 10.1 Å². The number of anilines is 1. The first kappa shape index (κ1) is 14.3. The molecule has 0 radical (unpaired) electrons. The Kier molecular flexibility index (Phi) is 4.05. The van der Waals surface area contributed by atoms with Gasteiger partial charge in [-0.25, -0.2) is 0 Å². The number of hydrogen-bond donors (Lipinski definition) is 2. The topological polar surface area (TPSA) is 99.2 Å². The number of nitrogens with zero attached hydrogens (tertiary/aromatic N) is 2. The van der Waals surface area contributed by atoms with Crippen LogP contribution in [0.4, 0.5) is 11.4 Å². The molecule has 2 N–H and O–H groups in total. The van der Waals surface area contributed by atoms with E-state index in [1.807, 2.05) is 13.0 Å². The van der Waals surface area contributed by atoms with Crippen LogP contribution >= 0.6 is 0 Å². The van der Waals surface area contributed by atoms with Gasteiger partial charge in [-0.1, -0.05) is 12.1 Å². The Labute approximate surface area is 121 Å². The predicted molar refractivity (Wildman–Crippen MR) is 78.0 cm³/mol. The SMILES string of the molecule is CC(Nc1ccc(C#N)cc1[N+](=O)[O-])c1ccc(O)cc1. The van der Waals surface area contributed by atoms with E-state index in [9.17, 15) is 15.2 Å². The van der Waals surface area contributed by atoms with Gasteiger partial charge in [0.15, 0.2) is 0 Å². The number of nitro benzene ring substituents is 1. The number of nitrogens with one attached hydrogen (secondary N) is 1. The third-order valence-corrected chi connectivity index (χ3v) is 3.09. The van der Waals surface area contributed by atoms with Gasteiger partial charge in [-0.15, -0.1) is 0 Å². The number of rotatable bonds is 4. The molecule has 2 aromatic rings. The van der Waals surface area contributed by atoms with Gasteiger partial charge in [0.1, 0.15) is 11.4 Å². The summed E-state index contributed by atoms with van der Waals surface area (Å²) in [5.41, 5.74) is 1.33. The van der Waals surface area contributed by atoms with Crippen LogP contribution < -0.4 is 5.32 Å². The van der Waals surface area contributed by atoms with Crippen molar-refractivity contribution < 1.29 is 10.0 Å². The van der Waals surface area contributed by atoms with E-state index in [1.165, 1.54) is 18.2 Å². The van der Waals surface area contributed by atoms with Crippen LogP contribution in [0.25, 0.3) is 0 Å². The number of nitro groups is 1. The summed E-state index contributed by atoms with van der Waals surface area (Å²) in [5.74, 6) is 0.162. The molecule has 21 heavy (non-hydrogen) atoms. The van der Waals surface area contributed by atoms with Gasteiger partial charge >= 0.3 is 0 Å². The fourth-order valence-corrected chi connectivity index (χ4v) is 1.95. The summed E-state index contributed by atoms with van der Waals surface area (Å²) >= 11 is 0. The minimum atomic E-state index is -0.521. The van der Waals surface area contributed by atoms with Crippen LogP contribution in [0.15, 0.2) is 42.5 Å². The molecule has 0 saturated heterocycles. The van der Waals surface area contributed by atoms with Crippen molar-refractivity contribution in [2.45, 2.75) is 13.0 Å². The third-order valence-electron chi connectivity index (χ3n) is 3.09. The maximum Gasteiger partial charge on any atom is 0.293 e. The molecule has 0 saturated carbocycles. The first-order chi connectivity index (χ1) is 10.0. The van der Waals surface area contributed by atoms with Crippen molar-refractivity contribution in [3.8, 4) is 11.8 Å². The zero-order valence-electron chi connectivity index (χ0n) is 11.3. The van der Waals surface area contributed by atoms with Crippen molar-refractivity contribution in [3.05, 3.63) is 63.7 Å². The van der Waals surface area contributed by atoms with E-state index in [0.29, 0.717) is 5.69 Å². The second kappa shape index (κ2) is 5.92. The molecule has 2 aromatic carbocycles. The highest BCUT2D eigenvalue weighted by molar-refractivity contribution is 5.64. The number of phenolic OH excluding ortho intramolecular Hbond substituents is 1. The molecule has 6 nitrogen and oxygen atoms in total. The molecule has 2 rings (SSSR count). The van der Waals surface area contributed by atoms with Crippen LogP contribution in [0.2, 0.25) is 0 Å². The molecule has 0 aliphatic rings. The minimum Gasteiger partial charge on any atom is -0.508 e. The van der Waals surface area contributed by atoms with E-state index >= 15 is 0 Å². The van der Waals surface area contributed by atoms with E-state index in [0.717, 1.165) is 5.56 Å². The predicted octanol–water partition coefficient (Wildman–Crippen LogP) is 3.35. The average molecular weight is 283 g/mol.